The first-order valence-electron chi connectivity index (χ1n) is 4.64. The predicted octanol–water partition coefficient (Wildman–Crippen LogP) is 1.59. The molecule has 2 aliphatic rings. The third kappa shape index (κ3) is 2.46. The monoisotopic (exact) mass is 156 g/mol. The second kappa shape index (κ2) is 3.55. The summed E-state index contributed by atoms with van der Waals surface area (Å²) in [5.41, 5.74) is 0. The molecule has 2 saturated heterocycles. The zero-order valence-electron chi connectivity index (χ0n) is 6.92. The van der Waals surface area contributed by atoms with Crippen LogP contribution >= 0.6 is 0 Å². The van der Waals surface area contributed by atoms with Gasteiger partial charge in [-0.1, -0.05) is 0 Å². The van der Waals surface area contributed by atoms with Crippen molar-refractivity contribution in [3.8, 4) is 0 Å². The molecule has 0 aromatic carbocycles. The van der Waals surface area contributed by atoms with E-state index in [1.54, 1.807) is 0 Å². The second-order valence-corrected chi connectivity index (χ2v) is 3.59. The molecule has 2 aliphatic heterocycles. The van der Waals surface area contributed by atoms with Crippen molar-refractivity contribution < 1.29 is 9.47 Å². The normalized spacial score (nSPS) is 32.2. The predicted molar refractivity (Wildman–Crippen MR) is 42.5 cm³/mol. The van der Waals surface area contributed by atoms with E-state index in [0.717, 1.165) is 25.7 Å². The Morgan fingerprint density at radius 3 is 2.45 bits per heavy atom. The minimum Gasteiger partial charge on any atom is -0.381 e. The molecule has 1 unspecified atom stereocenters. The van der Waals surface area contributed by atoms with Crippen molar-refractivity contribution in [3.05, 3.63) is 0 Å². The summed E-state index contributed by atoms with van der Waals surface area (Å²) in [6.45, 7) is 2.98. The lowest BCUT2D eigenvalue weighted by Crippen LogP contribution is -2.15. The molecule has 64 valence electrons. The minimum atomic E-state index is 0.623. The van der Waals surface area contributed by atoms with Crippen LogP contribution < -0.4 is 0 Å². The van der Waals surface area contributed by atoms with E-state index in [1.807, 2.05) is 0 Å². The maximum absolute atomic E-state index is 5.29. The Morgan fingerprint density at radius 1 is 1.09 bits per heavy atom. The summed E-state index contributed by atoms with van der Waals surface area (Å²) in [5, 5.41) is 0. The molecule has 0 radical (unpaired) electrons. The van der Waals surface area contributed by atoms with E-state index in [1.165, 1.54) is 25.7 Å². The van der Waals surface area contributed by atoms with Gasteiger partial charge in [-0.15, -0.1) is 0 Å². The number of ether oxygens (including phenoxy) is 2. The van der Waals surface area contributed by atoms with E-state index in [-0.39, 0.29) is 0 Å². The third-order valence-corrected chi connectivity index (χ3v) is 2.64. The number of rotatable bonds is 3. The molecule has 0 amide bonds. The van der Waals surface area contributed by atoms with Crippen molar-refractivity contribution in [3.63, 3.8) is 0 Å². The fraction of sp³-hybridized carbons (Fsp3) is 1.00. The van der Waals surface area contributed by atoms with Crippen LogP contribution in [0.3, 0.4) is 0 Å². The zero-order valence-corrected chi connectivity index (χ0v) is 6.92. The summed E-state index contributed by atoms with van der Waals surface area (Å²) in [4.78, 5) is 0. The first kappa shape index (κ1) is 7.56. The van der Waals surface area contributed by atoms with Crippen LogP contribution in [0.25, 0.3) is 0 Å². The van der Waals surface area contributed by atoms with Gasteiger partial charge in [0.2, 0.25) is 0 Å². The Balaban J connectivity index is 1.59. The van der Waals surface area contributed by atoms with Crippen LogP contribution in [0, 0.1) is 5.92 Å². The highest BCUT2D eigenvalue weighted by molar-refractivity contribution is 4.72. The second-order valence-electron chi connectivity index (χ2n) is 3.59. The van der Waals surface area contributed by atoms with Gasteiger partial charge in [0, 0.05) is 13.2 Å². The molecule has 11 heavy (non-hydrogen) atoms. The van der Waals surface area contributed by atoms with Crippen LogP contribution in [-0.2, 0) is 9.47 Å². The van der Waals surface area contributed by atoms with Gasteiger partial charge < -0.3 is 9.47 Å². The summed E-state index contributed by atoms with van der Waals surface area (Å²) in [6, 6.07) is 0. The van der Waals surface area contributed by atoms with Crippen molar-refractivity contribution in [1.29, 1.82) is 0 Å². The third-order valence-electron chi connectivity index (χ3n) is 2.64. The van der Waals surface area contributed by atoms with Crippen molar-refractivity contribution in [2.45, 2.75) is 31.8 Å². The molecule has 2 heteroatoms. The van der Waals surface area contributed by atoms with Gasteiger partial charge in [0.1, 0.15) is 0 Å². The highest BCUT2D eigenvalue weighted by Gasteiger charge is 2.24. The first-order valence-corrected chi connectivity index (χ1v) is 4.64. The van der Waals surface area contributed by atoms with Crippen LogP contribution in [0.2, 0.25) is 0 Å². The van der Waals surface area contributed by atoms with Gasteiger partial charge in [-0.05, 0) is 31.6 Å². The van der Waals surface area contributed by atoms with Crippen molar-refractivity contribution in [2.24, 2.45) is 5.92 Å². The number of epoxide rings is 1. The Hall–Kier alpha value is -0.0800. The average Bonchev–Trinajstić information content (AvgIpc) is 2.86. The standard InChI is InChI=1S/C9H16O2/c1(2-9-7-11-9)8-3-5-10-6-4-8/h8-9H,1-7H2. The molecule has 2 rings (SSSR count). The molecule has 0 spiro atoms. The summed E-state index contributed by atoms with van der Waals surface area (Å²) >= 11 is 0. The van der Waals surface area contributed by atoms with Gasteiger partial charge in [0.15, 0.2) is 0 Å². The topological polar surface area (TPSA) is 21.8 Å². The van der Waals surface area contributed by atoms with Gasteiger partial charge in [-0.25, -0.2) is 0 Å². The number of hydrogen-bond acceptors (Lipinski definition) is 2. The van der Waals surface area contributed by atoms with Crippen LogP contribution in [-0.4, -0.2) is 25.9 Å². The van der Waals surface area contributed by atoms with Crippen molar-refractivity contribution >= 4 is 0 Å². The van der Waals surface area contributed by atoms with Crippen molar-refractivity contribution in [2.75, 3.05) is 19.8 Å². The van der Waals surface area contributed by atoms with Crippen LogP contribution in [0.15, 0.2) is 0 Å². The highest BCUT2D eigenvalue weighted by atomic mass is 16.6. The van der Waals surface area contributed by atoms with E-state index < -0.39 is 0 Å². The number of hydrogen-bond donors (Lipinski definition) is 0. The van der Waals surface area contributed by atoms with Crippen molar-refractivity contribution in [1.82, 2.24) is 0 Å². The summed E-state index contributed by atoms with van der Waals surface area (Å²) in [7, 11) is 0. The molecule has 0 aliphatic carbocycles. The van der Waals surface area contributed by atoms with Crippen LogP contribution in [0.4, 0.5) is 0 Å². The van der Waals surface area contributed by atoms with Gasteiger partial charge in [-0.2, -0.15) is 0 Å². The quantitative estimate of drug-likeness (QED) is 0.579. The first-order chi connectivity index (χ1) is 5.45. The molecule has 0 N–H and O–H groups in total. The SMILES string of the molecule is C1CC(CCC2CO2)CCO1. The lowest BCUT2D eigenvalue weighted by Gasteiger charge is -2.21. The largest absolute Gasteiger partial charge is 0.381 e. The molecular weight excluding hydrogens is 140 g/mol. The minimum absolute atomic E-state index is 0.623. The highest BCUT2D eigenvalue weighted by Crippen LogP contribution is 2.24. The Labute approximate surface area is 67.9 Å². The molecule has 2 fully saturated rings. The maximum Gasteiger partial charge on any atom is 0.0810 e. The molecule has 0 bridgehead atoms. The summed E-state index contributed by atoms with van der Waals surface area (Å²) in [6.07, 6.45) is 5.80. The lowest BCUT2D eigenvalue weighted by atomic mass is 9.94. The zero-order chi connectivity index (χ0) is 7.52. The van der Waals surface area contributed by atoms with E-state index in [0.29, 0.717) is 6.10 Å². The molecule has 1 atom stereocenters. The average molecular weight is 156 g/mol. The smallest absolute Gasteiger partial charge is 0.0810 e. The van der Waals surface area contributed by atoms with E-state index in [2.05, 4.69) is 0 Å². The molecule has 2 nitrogen and oxygen atoms in total. The molecule has 0 aromatic heterocycles. The van der Waals surface area contributed by atoms with E-state index >= 15 is 0 Å². The molecule has 2 heterocycles. The summed E-state index contributed by atoms with van der Waals surface area (Å²) < 4.78 is 10.5. The van der Waals surface area contributed by atoms with Crippen LogP contribution in [0.5, 0.6) is 0 Å². The van der Waals surface area contributed by atoms with Gasteiger partial charge >= 0.3 is 0 Å². The van der Waals surface area contributed by atoms with Gasteiger partial charge in [-0.3, -0.25) is 0 Å². The Bertz CT molecular complexity index is 115. The van der Waals surface area contributed by atoms with Gasteiger partial charge in [0.25, 0.3) is 0 Å². The fourth-order valence-corrected chi connectivity index (χ4v) is 1.69. The molecule has 0 aromatic rings. The van der Waals surface area contributed by atoms with Gasteiger partial charge in [0.05, 0.1) is 12.7 Å². The Kier molecular flexibility index (Phi) is 2.44. The van der Waals surface area contributed by atoms with E-state index in [4.69, 9.17) is 9.47 Å². The maximum atomic E-state index is 5.29. The lowest BCUT2D eigenvalue weighted by molar-refractivity contribution is 0.0626. The summed E-state index contributed by atoms with van der Waals surface area (Å²) in [5.74, 6) is 0.924. The molecule has 0 saturated carbocycles. The Morgan fingerprint density at radius 2 is 1.82 bits per heavy atom. The fourth-order valence-electron chi connectivity index (χ4n) is 1.69. The molecular formula is C9H16O2. The van der Waals surface area contributed by atoms with Crippen LogP contribution in [0.1, 0.15) is 25.7 Å². The van der Waals surface area contributed by atoms with E-state index in [9.17, 15) is 0 Å².